The monoisotopic (exact) mass is 290 g/mol. The first kappa shape index (κ1) is 13.7. The highest BCUT2D eigenvalue weighted by Crippen LogP contribution is 2.08. The predicted octanol–water partition coefficient (Wildman–Crippen LogP) is 2.94. The number of rotatable bonds is 2. The molecule has 108 valence electrons. The standard InChI is InChI=1S/2C8H7N3/c2*1-2-4-9-7(3-1)8-10-5-6-11-8/h2*1-6H,(H,10,11). The summed E-state index contributed by atoms with van der Waals surface area (Å²) in [5, 5.41) is 0. The maximum atomic E-state index is 4.13. The van der Waals surface area contributed by atoms with E-state index < -0.39 is 0 Å². The summed E-state index contributed by atoms with van der Waals surface area (Å²) in [6, 6.07) is 11.5. The number of aromatic nitrogens is 6. The van der Waals surface area contributed by atoms with Gasteiger partial charge in [-0.05, 0) is 24.3 Å². The summed E-state index contributed by atoms with van der Waals surface area (Å²) in [4.78, 5) is 22.4. The van der Waals surface area contributed by atoms with Crippen LogP contribution in [0.4, 0.5) is 0 Å². The molecular weight excluding hydrogens is 276 g/mol. The van der Waals surface area contributed by atoms with Gasteiger partial charge in [0.1, 0.15) is 11.4 Å². The van der Waals surface area contributed by atoms with Crippen LogP contribution in [-0.2, 0) is 0 Å². The van der Waals surface area contributed by atoms with Gasteiger partial charge < -0.3 is 9.97 Å². The molecule has 0 saturated heterocycles. The molecule has 0 saturated carbocycles. The predicted molar refractivity (Wildman–Crippen MR) is 83.6 cm³/mol. The first-order valence-corrected chi connectivity index (χ1v) is 6.75. The third kappa shape index (κ3) is 3.43. The number of pyridine rings is 2. The third-order valence-corrected chi connectivity index (χ3v) is 2.81. The molecule has 0 fully saturated rings. The van der Waals surface area contributed by atoms with E-state index in [0.717, 1.165) is 23.0 Å². The second-order valence-corrected chi connectivity index (χ2v) is 4.31. The Labute approximate surface area is 127 Å². The Kier molecular flexibility index (Phi) is 4.32. The average molecular weight is 290 g/mol. The van der Waals surface area contributed by atoms with Gasteiger partial charge in [0.2, 0.25) is 0 Å². The minimum atomic E-state index is 0.811. The highest BCUT2D eigenvalue weighted by Gasteiger charge is 1.97. The number of nitrogens with one attached hydrogen (secondary N) is 2. The molecule has 0 spiro atoms. The molecule has 4 rings (SSSR count). The van der Waals surface area contributed by atoms with E-state index in [9.17, 15) is 0 Å². The molecule has 0 aliphatic heterocycles. The van der Waals surface area contributed by atoms with E-state index in [-0.39, 0.29) is 0 Å². The fraction of sp³-hybridized carbons (Fsp3) is 0. The van der Waals surface area contributed by atoms with Gasteiger partial charge in [0.15, 0.2) is 11.6 Å². The van der Waals surface area contributed by atoms with Crippen LogP contribution in [0.2, 0.25) is 0 Å². The molecule has 0 aliphatic rings. The van der Waals surface area contributed by atoms with Crippen molar-refractivity contribution in [3.8, 4) is 23.0 Å². The van der Waals surface area contributed by atoms with Crippen molar-refractivity contribution >= 4 is 0 Å². The molecule has 0 atom stereocenters. The smallest absolute Gasteiger partial charge is 0.155 e. The third-order valence-electron chi connectivity index (χ3n) is 2.81. The molecule has 4 aromatic heterocycles. The second kappa shape index (κ2) is 6.94. The van der Waals surface area contributed by atoms with Crippen LogP contribution in [0.3, 0.4) is 0 Å². The molecule has 2 N–H and O–H groups in total. The summed E-state index contributed by atoms with van der Waals surface area (Å²) in [6.07, 6.45) is 10.5. The zero-order valence-corrected chi connectivity index (χ0v) is 11.7. The molecule has 0 bridgehead atoms. The maximum absolute atomic E-state index is 4.13. The molecule has 4 heterocycles. The van der Waals surface area contributed by atoms with Crippen molar-refractivity contribution in [2.24, 2.45) is 0 Å². The van der Waals surface area contributed by atoms with Crippen LogP contribution in [0.25, 0.3) is 23.0 Å². The lowest BCUT2D eigenvalue weighted by atomic mass is 10.3. The largest absolute Gasteiger partial charge is 0.343 e. The topological polar surface area (TPSA) is 83.1 Å². The van der Waals surface area contributed by atoms with E-state index in [0.29, 0.717) is 0 Å². The Balaban J connectivity index is 0.000000131. The summed E-state index contributed by atoms with van der Waals surface area (Å²) in [5.74, 6) is 1.62. The van der Waals surface area contributed by atoms with Gasteiger partial charge in [0.25, 0.3) is 0 Å². The Hall–Kier alpha value is -3.28. The molecule has 0 radical (unpaired) electrons. The highest BCUT2D eigenvalue weighted by molar-refractivity contribution is 5.48. The van der Waals surface area contributed by atoms with Crippen molar-refractivity contribution in [2.75, 3.05) is 0 Å². The van der Waals surface area contributed by atoms with Gasteiger partial charge in [-0.25, -0.2) is 9.97 Å². The molecule has 0 aliphatic carbocycles. The number of hydrogen-bond donors (Lipinski definition) is 2. The minimum Gasteiger partial charge on any atom is -0.343 e. The number of imidazole rings is 2. The molecule has 0 amide bonds. The van der Waals surface area contributed by atoms with Crippen LogP contribution < -0.4 is 0 Å². The molecule has 6 nitrogen and oxygen atoms in total. The Morgan fingerprint density at radius 1 is 0.545 bits per heavy atom. The zero-order valence-electron chi connectivity index (χ0n) is 11.7. The van der Waals surface area contributed by atoms with Crippen molar-refractivity contribution in [3.63, 3.8) is 0 Å². The normalized spacial score (nSPS) is 9.82. The van der Waals surface area contributed by atoms with Crippen LogP contribution in [0.5, 0.6) is 0 Å². The summed E-state index contributed by atoms with van der Waals surface area (Å²) in [5.41, 5.74) is 1.75. The number of nitrogens with zero attached hydrogens (tertiary/aromatic N) is 4. The van der Waals surface area contributed by atoms with Gasteiger partial charge in [0.05, 0.1) is 0 Å². The SMILES string of the molecule is c1ccc(-c2ncc[nH]2)nc1.c1ccc(-c2ncc[nH]2)nc1. The first-order valence-electron chi connectivity index (χ1n) is 6.75. The van der Waals surface area contributed by atoms with Crippen LogP contribution in [-0.4, -0.2) is 29.9 Å². The van der Waals surface area contributed by atoms with Gasteiger partial charge in [0, 0.05) is 37.2 Å². The summed E-state index contributed by atoms with van der Waals surface area (Å²) in [7, 11) is 0. The van der Waals surface area contributed by atoms with E-state index in [4.69, 9.17) is 0 Å². The first-order chi connectivity index (χ1) is 10.9. The summed E-state index contributed by atoms with van der Waals surface area (Å²) >= 11 is 0. The molecular formula is C16H14N6. The molecule has 4 aromatic rings. The lowest BCUT2D eigenvalue weighted by Gasteiger charge is -1.91. The number of hydrogen-bond acceptors (Lipinski definition) is 4. The maximum Gasteiger partial charge on any atom is 0.155 e. The van der Waals surface area contributed by atoms with Crippen molar-refractivity contribution in [3.05, 3.63) is 73.6 Å². The Morgan fingerprint density at radius 2 is 1.05 bits per heavy atom. The molecule has 22 heavy (non-hydrogen) atoms. The minimum absolute atomic E-state index is 0.811. The van der Waals surface area contributed by atoms with Crippen molar-refractivity contribution in [1.29, 1.82) is 0 Å². The van der Waals surface area contributed by atoms with E-state index in [2.05, 4.69) is 29.9 Å². The van der Waals surface area contributed by atoms with Crippen LogP contribution in [0.1, 0.15) is 0 Å². The van der Waals surface area contributed by atoms with Gasteiger partial charge >= 0.3 is 0 Å². The lowest BCUT2D eigenvalue weighted by Crippen LogP contribution is -1.82. The van der Waals surface area contributed by atoms with Gasteiger partial charge in [-0.2, -0.15) is 0 Å². The number of aromatic amines is 2. The average Bonchev–Trinajstić information content (AvgIpc) is 3.31. The van der Waals surface area contributed by atoms with Crippen molar-refractivity contribution in [1.82, 2.24) is 29.9 Å². The van der Waals surface area contributed by atoms with E-state index in [1.54, 1.807) is 37.2 Å². The Morgan fingerprint density at radius 3 is 1.36 bits per heavy atom. The fourth-order valence-electron chi connectivity index (χ4n) is 1.82. The second-order valence-electron chi connectivity index (χ2n) is 4.31. The lowest BCUT2D eigenvalue weighted by molar-refractivity contribution is 1.22. The number of H-pyrrole nitrogens is 2. The van der Waals surface area contributed by atoms with Crippen LogP contribution in [0.15, 0.2) is 73.6 Å². The summed E-state index contributed by atoms with van der Waals surface area (Å²) < 4.78 is 0. The Bertz CT molecular complexity index is 694. The van der Waals surface area contributed by atoms with E-state index >= 15 is 0 Å². The van der Waals surface area contributed by atoms with Gasteiger partial charge in [-0.3, -0.25) is 9.97 Å². The van der Waals surface area contributed by atoms with E-state index in [1.165, 1.54) is 0 Å². The zero-order chi connectivity index (χ0) is 15.0. The fourth-order valence-corrected chi connectivity index (χ4v) is 1.82. The quantitative estimate of drug-likeness (QED) is 0.594. The van der Waals surface area contributed by atoms with Gasteiger partial charge in [-0.1, -0.05) is 12.1 Å². The van der Waals surface area contributed by atoms with Crippen LogP contribution in [0, 0.1) is 0 Å². The molecule has 6 heteroatoms. The molecule has 0 aromatic carbocycles. The van der Waals surface area contributed by atoms with E-state index in [1.807, 2.05) is 36.4 Å². The van der Waals surface area contributed by atoms with Crippen molar-refractivity contribution in [2.45, 2.75) is 0 Å². The highest BCUT2D eigenvalue weighted by atomic mass is 14.9. The van der Waals surface area contributed by atoms with Gasteiger partial charge in [-0.15, -0.1) is 0 Å². The van der Waals surface area contributed by atoms with Crippen LogP contribution >= 0.6 is 0 Å². The molecule has 0 unspecified atom stereocenters. The van der Waals surface area contributed by atoms with Crippen molar-refractivity contribution < 1.29 is 0 Å². The summed E-state index contributed by atoms with van der Waals surface area (Å²) in [6.45, 7) is 0.